The fourth-order valence-electron chi connectivity index (χ4n) is 2.39. The third kappa shape index (κ3) is 3.91. The average Bonchev–Trinajstić information content (AvgIpc) is 2.40. The topological polar surface area (TPSA) is 58.1 Å². The van der Waals surface area contributed by atoms with Crippen molar-refractivity contribution in [2.24, 2.45) is 5.92 Å². The van der Waals surface area contributed by atoms with Crippen molar-refractivity contribution in [1.29, 1.82) is 0 Å². The number of aromatic nitrogens is 2. The van der Waals surface area contributed by atoms with E-state index in [1.54, 1.807) is 0 Å². The summed E-state index contributed by atoms with van der Waals surface area (Å²) < 4.78 is 0. The standard InChI is InChI=1S/C14H22N4O/c1-3-5-14(19)15-12-7-8-13(17-16-12)18-9-4-6-11(2)10-18/h7-8,11H,3-6,9-10H2,1-2H3,(H,15,16,19). The number of nitrogens with one attached hydrogen (secondary N) is 1. The zero-order valence-corrected chi connectivity index (χ0v) is 11.7. The molecule has 1 aliphatic rings. The van der Waals surface area contributed by atoms with Crippen LogP contribution in [0.1, 0.15) is 39.5 Å². The van der Waals surface area contributed by atoms with Gasteiger partial charge in [-0.3, -0.25) is 4.79 Å². The van der Waals surface area contributed by atoms with E-state index in [2.05, 4.69) is 27.3 Å². The number of piperidine rings is 1. The molecule has 5 nitrogen and oxygen atoms in total. The Hall–Kier alpha value is -1.65. The maximum absolute atomic E-state index is 11.5. The lowest BCUT2D eigenvalue weighted by molar-refractivity contribution is -0.116. The van der Waals surface area contributed by atoms with E-state index in [1.807, 2.05) is 19.1 Å². The van der Waals surface area contributed by atoms with Crippen LogP contribution in [0, 0.1) is 5.92 Å². The first kappa shape index (κ1) is 13.8. The summed E-state index contributed by atoms with van der Waals surface area (Å²) in [5, 5.41) is 11.0. The van der Waals surface area contributed by atoms with E-state index in [4.69, 9.17) is 0 Å². The molecule has 1 amide bonds. The highest BCUT2D eigenvalue weighted by Gasteiger charge is 2.17. The van der Waals surface area contributed by atoms with Crippen molar-refractivity contribution in [3.8, 4) is 0 Å². The maximum Gasteiger partial charge on any atom is 0.225 e. The number of hydrogen-bond donors (Lipinski definition) is 1. The zero-order chi connectivity index (χ0) is 13.7. The van der Waals surface area contributed by atoms with Gasteiger partial charge >= 0.3 is 0 Å². The molecule has 2 rings (SSSR count). The van der Waals surface area contributed by atoms with E-state index in [9.17, 15) is 4.79 Å². The predicted octanol–water partition coefficient (Wildman–Crippen LogP) is 2.45. The summed E-state index contributed by atoms with van der Waals surface area (Å²) in [6, 6.07) is 3.77. The van der Waals surface area contributed by atoms with Crippen molar-refractivity contribution < 1.29 is 4.79 Å². The van der Waals surface area contributed by atoms with Gasteiger partial charge in [0.25, 0.3) is 0 Å². The van der Waals surface area contributed by atoms with Gasteiger partial charge in [0.05, 0.1) is 0 Å². The molecule has 0 bridgehead atoms. The smallest absolute Gasteiger partial charge is 0.225 e. The molecule has 1 unspecified atom stereocenters. The minimum Gasteiger partial charge on any atom is -0.355 e. The Kier molecular flexibility index (Phi) is 4.71. The van der Waals surface area contributed by atoms with E-state index in [1.165, 1.54) is 12.8 Å². The molecule has 0 aliphatic carbocycles. The lowest BCUT2D eigenvalue weighted by Crippen LogP contribution is -2.34. The van der Waals surface area contributed by atoms with Crippen molar-refractivity contribution in [2.75, 3.05) is 23.3 Å². The Bertz CT molecular complexity index is 418. The Morgan fingerprint density at radius 2 is 2.32 bits per heavy atom. The minimum atomic E-state index is -0.00357. The van der Waals surface area contributed by atoms with Gasteiger partial charge in [-0.1, -0.05) is 13.8 Å². The highest BCUT2D eigenvalue weighted by Crippen LogP contribution is 2.21. The fourth-order valence-corrected chi connectivity index (χ4v) is 2.39. The number of amides is 1. The van der Waals surface area contributed by atoms with E-state index < -0.39 is 0 Å². The fraction of sp³-hybridized carbons (Fsp3) is 0.643. The van der Waals surface area contributed by atoms with Crippen LogP contribution in [-0.2, 0) is 4.79 Å². The summed E-state index contributed by atoms with van der Waals surface area (Å²) >= 11 is 0. The molecule has 1 aliphatic heterocycles. The lowest BCUT2D eigenvalue weighted by atomic mass is 10.0. The highest BCUT2D eigenvalue weighted by molar-refractivity contribution is 5.89. The molecule has 1 fully saturated rings. The maximum atomic E-state index is 11.5. The first-order valence-corrected chi connectivity index (χ1v) is 7.07. The molecule has 104 valence electrons. The number of rotatable bonds is 4. The van der Waals surface area contributed by atoms with Crippen molar-refractivity contribution in [1.82, 2.24) is 10.2 Å². The Balaban J connectivity index is 1.96. The van der Waals surface area contributed by atoms with Gasteiger partial charge in [-0.25, -0.2) is 0 Å². The number of hydrogen-bond acceptors (Lipinski definition) is 4. The predicted molar refractivity (Wildman–Crippen MR) is 76.2 cm³/mol. The molecule has 19 heavy (non-hydrogen) atoms. The molecular weight excluding hydrogens is 240 g/mol. The van der Waals surface area contributed by atoms with E-state index in [0.29, 0.717) is 18.2 Å². The van der Waals surface area contributed by atoms with Crippen molar-refractivity contribution in [3.05, 3.63) is 12.1 Å². The van der Waals surface area contributed by atoms with E-state index in [-0.39, 0.29) is 5.91 Å². The molecule has 1 N–H and O–H groups in total. The largest absolute Gasteiger partial charge is 0.355 e. The molecule has 0 saturated carbocycles. The molecule has 0 aromatic carbocycles. The van der Waals surface area contributed by atoms with Crippen molar-refractivity contribution in [2.45, 2.75) is 39.5 Å². The second-order valence-corrected chi connectivity index (χ2v) is 5.27. The van der Waals surface area contributed by atoms with Crippen molar-refractivity contribution >= 4 is 17.5 Å². The zero-order valence-electron chi connectivity index (χ0n) is 11.7. The van der Waals surface area contributed by atoms with Crippen LogP contribution in [-0.4, -0.2) is 29.2 Å². The lowest BCUT2D eigenvalue weighted by Gasteiger charge is -2.31. The van der Waals surface area contributed by atoms with Crippen LogP contribution in [0.25, 0.3) is 0 Å². The van der Waals surface area contributed by atoms with Gasteiger partial charge in [0.15, 0.2) is 11.6 Å². The molecule has 1 aromatic heterocycles. The van der Waals surface area contributed by atoms with Crippen LogP contribution in [0.2, 0.25) is 0 Å². The van der Waals surface area contributed by atoms with Gasteiger partial charge in [-0.2, -0.15) is 0 Å². The molecular formula is C14H22N4O. The number of carbonyl (C=O) groups excluding carboxylic acids is 1. The molecule has 0 spiro atoms. The summed E-state index contributed by atoms with van der Waals surface area (Å²) in [5.74, 6) is 2.14. The molecule has 5 heteroatoms. The quantitative estimate of drug-likeness (QED) is 0.905. The summed E-state index contributed by atoms with van der Waals surface area (Å²) in [4.78, 5) is 13.7. The second kappa shape index (κ2) is 6.50. The third-order valence-electron chi connectivity index (χ3n) is 3.38. The van der Waals surface area contributed by atoms with Crippen LogP contribution in [0.4, 0.5) is 11.6 Å². The minimum absolute atomic E-state index is 0.00357. The number of carbonyl (C=O) groups is 1. The summed E-state index contributed by atoms with van der Waals surface area (Å²) in [5.41, 5.74) is 0. The SMILES string of the molecule is CCCC(=O)Nc1ccc(N2CCCC(C)C2)nn1. The highest BCUT2D eigenvalue weighted by atomic mass is 16.1. The average molecular weight is 262 g/mol. The van der Waals surface area contributed by atoms with Crippen LogP contribution in [0.5, 0.6) is 0 Å². The van der Waals surface area contributed by atoms with E-state index in [0.717, 1.165) is 25.3 Å². The van der Waals surface area contributed by atoms with Gasteiger partial charge in [0, 0.05) is 19.5 Å². The number of nitrogens with zero attached hydrogens (tertiary/aromatic N) is 3. The Morgan fingerprint density at radius 3 is 2.95 bits per heavy atom. The summed E-state index contributed by atoms with van der Waals surface area (Å²) in [7, 11) is 0. The van der Waals surface area contributed by atoms with E-state index >= 15 is 0 Å². The first-order valence-electron chi connectivity index (χ1n) is 7.07. The van der Waals surface area contributed by atoms with Crippen LogP contribution < -0.4 is 10.2 Å². The Morgan fingerprint density at radius 1 is 1.47 bits per heavy atom. The summed E-state index contributed by atoms with van der Waals surface area (Å²) in [6.07, 6.45) is 3.85. The van der Waals surface area contributed by atoms with Gasteiger partial charge < -0.3 is 10.2 Å². The van der Waals surface area contributed by atoms with Crippen LogP contribution in [0.15, 0.2) is 12.1 Å². The first-order chi connectivity index (χ1) is 9.19. The third-order valence-corrected chi connectivity index (χ3v) is 3.38. The van der Waals surface area contributed by atoms with Gasteiger partial charge in [-0.05, 0) is 37.3 Å². The normalized spacial score (nSPS) is 19.3. The van der Waals surface area contributed by atoms with Crippen LogP contribution >= 0.6 is 0 Å². The molecule has 0 radical (unpaired) electrons. The van der Waals surface area contributed by atoms with Crippen LogP contribution in [0.3, 0.4) is 0 Å². The Labute approximate surface area is 114 Å². The van der Waals surface area contributed by atoms with Crippen molar-refractivity contribution in [3.63, 3.8) is 0 Å². The number of anilines is 2. The molecule has 1 atom stereocenters. The molecule has 2 heterocycles. The summed E-state index contributed by atoms with van der Waals surface area (Å²) in [6.45, 7) is 6.32. The van der Waals surface area contributed by atoms with Gasteiger partial charge in [-0.15, -0.1) is 10.2 Å². The molecule has 1 aromatic rings. The molecule has 1 saturated heterocycles. The van der Waals surface area contributed by atoms with Gasteiger partial charge in [0.2, 0.25) is 5.91 Å². The monoisotopic (exact) mass is 262 g/mol. The second-order valence-electron chi connectivity index (χ2n) is 5.27. The van der Waals surface area contributed by atoms with Gasteiger partial charge in [0.1, 0.15) is 0 Å².